The number of nitrogens with one attached hydrogen (secondary N) is 2. The fourth-order valence-corrected chi connectivity index (χ4v) is 6.37. The lowest BCUT2D eigenvalue weighted by Crippen LogP contribution is -2.50. The van der Waals surface area contributed by atoms with Gasteiger partial charge in [0.2, 0.25) is 17.7 Å². The number of aliphatic hydroxyl groups is 4. The van der Waals surface area contributed by atoms with Crippen LogP contribution in [0.15, 0.2) is 0 Å². The molecule has 1 aliphatic carbocycles. The second-order valence-corrected chi connectivity index (χ2v) is 13.5. The molecule has 8 atom stereocenters. The van der Waals surface area contributed by atoms with Gasteiger partial charge in [-0.3, -0.25) is 14.4 Å². The first kappa shape index (κ1) is 41.3. The van der Waals surface area contributed by atoms with E-state index in [1.807, 2.05) is 4.90 Å². The number of rotatable bonds is 25. The van der Waals surface area contributed by atoms with E-state index in [1.54, 1.807) is 0 Å². The van der Waals surface area contributed by atoms with Gasteiger partial charge in [-0.15, -0.1) is 0 Å². The van der Waals surface area contributed by atoms with Crippen molar-refractivity contribution in [1.82, 2.24) is 15.5 Å². The number of nitrogens with zero attached hydrogens (tertiary/aromatic N) is 1. The third kappa shape index (κ3) is 15.1. The van der Waals surface area contributed by atoms with Gasteiger partial charge in [0.25, 0.3) is 0 Å². The van der Waals surface area contributed by atoms with E-state index in [0.717, 1.165) is 32.1 Å². The smallest absolute Gasteiger partial charge is 0.222 e. The number of carbonyl (C=O) groups excluding carboxylic acids is 3. The Morgan fingerprint density at radius 2 is 1.66 bits per heavy atom. The molecule has 0 aromatic rings. The molecule has 274 valence electrons. The van der Waals surface area contributed by atoms with Gasteiger partial charge in [0.15, 0.2) is 6.29 Å². The van der Waals surface area contributed by atoms with Crippen molar-refractivity contribution in [3.05, 3.63) is 0 Å². The Kier molecular flexibility index (Phi) is 20.0. The number of unbranched alkanes of at least 4 members (excludes halogenated alkanes) is 4. The van der Waals surface area contributed by atoms with Gasteiger partial charge in [0.1, 0.15) is 12.1 Å². The Morgan fingerprint density at radius 3 is 2.26 bits per heavy atom. The van der Waals surface area contributed by atoms with Crippen molar-refractivity contribution in [2.45, 2.75) is 148 Å². The average Bonchev–Trinajstić information content (AvgIpc) is 3.41. The largest absolute Gasteiger partial charge is 0.396 e. The number of ether oxygens (including phenoxy) is 3. The summed E-state index contributed by atoms with van der Waals surface area (Å²) in [5.74, 6) is 0.913. The van der Waals surface area contributed by atoms with Crippen molar-refractivity contribution < 1.29 is 49.0 Å². The van der Waals surface area contributed by atoms with Gasteiger partial charge in [-0.1, -0.05) is 26.7 Å². The molecule has 13 nitrogen and oxygen atoms in total. The van der Waals surface area contributed by atoms with Crippen molar-refractivity contribution in [2.24, 2.45) is 11.8 Å². The van der Waals surface area contributed by atoms with E-state index in [-0.39, 0.29) is 49.2 Å². The highest BCUT2D eigenvalue weighted by molar-refractivity contribution is 5.77. The summed E-state index contributed by atoms with van der Waals surface area (Å²) >= 11 is 0. The van der Waals surface area contributed by atoms with Crippen LogP contribution in [0.1, 0.15) is 105 Å². The van der Waals surface area contributed by atoms with Crippen LogP contribution < -0.4 is 10.6 Å². The van der Waals surface area contributed by atoms with Crippen LogP contribution in [0.4, 0.5) is 0 Å². The highest BCUT2D eigenvalue weighted by Crippen LogP contribution is 2.38. The molecule has 0 aromatic carbocycles. The molecule has 2 fully saturated rings. The predicted molar refractivity (Wildman–Crippen MR) is 176 cm³/mol. The molecule has 2 aliphatic rings. The Morgan fingerprint density at radius 1 is 0.936 bits per heavy atom. The number of aliphatic hydroxyl groups excluding tert-OH is 4. The van der Waals surface area contributed by atoms with Gasteiger partial charge in [-0.25, -0.2) is 0 Å². The molecule has 13 heteroatoms. The van der Waals surface area contributed by atoms with Crippen LogP contribution in [0.2, 0.25) is 0 Å². The average molecular weight is 674 g/mol. The molecule has 0 bridgehead atoms. The van der Waals surface area contributed by atoms with Gasteiger partial charge in [0, 0.05) is 52.1 Å². The lowest BCUT2D eigenvalue weighted by molar-refractivity contribution is -0.214. The first-order valence-electron chi connectivity index (χ1n) is 17.8. The fraction of sp³-hybridized carbons (Fsp3) is 0.912. The molecule has 0 aromatic heterocycles. The summed E-state index contributed by atoms with van der Waals surface area (Å²) < 4.78 is 17.8. The number of hydrogen-bond donors (Lipinski definition) is 6. The second-order valence-electron chi connectivity index (χ2n) is 13.5. The molecule has 1 aliphatic heterocycles. The van der Waals surface area contributed by atoms with Crippen molar-refractivity contribution in [2.75, 3.05) is 39.5 Å². The summed E-state index contributed by atoms with van der Waals surface area (Å²) in [5.41, 5.74) is 0. The minimum atomic E-state index is -1.06. The third-order valence-electron chi connectivity index (χ3n) is 9.31. The van der Waals surface area contributed by atoms with Gasteiger partial charge < -0.3 is 50.2 Å². The van der Waals surface area contributed by atoms with Gasteiger partial charge >= 0.3 is 0 Å². The quantitative estimate of drug-likeness (QED) is 0.0614. The van der Waals surface area contributed by atoms with Crippen LogP contribution in [0.5, 0.6) is 0 Å². The monoisotopic (exact) mass is 673 g/mol. The summed E-state index contributed by atoms with van der Waals surface area (Å²) in [6.07, 6.45) is 6.22. The normalized spacial score (nSPS) is 23.6. The molecule has 47 heavy (non-hydrogen) atoms. The molecule has 0 radical (unpaired) electrons. The standard InChI is InChI=1S/C34H63N3O10/c1-23(2)28-13-14-30(28)46-27-19-26(15-17-38)37(20-27)33(44)12-8-5-9-16-35-32(43)11-7-6-10-18-45-34(29(21-39)36-25(4)42)47-31(22-40)24(3)41/h23-24,26-31,34,38-41H,5-22H2,1-4H3,(H,35,43)(H,36,42)/t24-,26-,27-,28?,29+,30?,31?,34?/m1/s1. The zero-order valence-electron chi connectivity index (χ0n) is 29.1. The summed E-state index contributed by atoms with van der Waals surface area (Å²) in [4.78, 5) is 38.7. The van der Waals surface area contributed by atoms with Crippen LogP contribution in [0.3, 0.4) is 0 Å². The maximum Gasteiger partial charge on any atom is 0.222 e. The van der Waals surface area contributed by atoms with E-state index in [9.17, 15) is 34.8 Å². The number of carbonyl (C=O) groups is 3. The minimum Gasteiger partial charge on any atom is -0.396 e. The lowest BCUT2D eigenvalue weighted by atomic mass is 9.74. The Hall–Kier alpha value is -1.87. The van der Waals surface area contributed by atoms with E-state index in [4.69, 9.17) is 14.2 Å². The fourth-order valence-electron chi connectivity index (χ4n) is 6.37. The molecule has 1 saturated carbocycles. The van der Waals surface area contributed by atoms with Crippen molar-refractivity contribution in [3.8, 4) is 0 Å². The number of likely N-dealkylation sites (tertiary alicyclic amines) is 1. The van der Waals surface area contributed by atoms with Crippen LogP contribution in [0.25, 0.3) is 0 Å². The summed E-state index contributed by atoms with van der Waals surface area (Å²) in [7, 11) is 0. The zero-order valence-corrected chi connectivity index (χ0v) is 29.1. The van der Waals surface area contributed by atoms with E-state index >= 15 is 0 Å². The van der Waals surface area contributed by atoms with Gasteiger partial charge in [-0.2, -0.15) is 0 Å². The maximum atomic E-state index is 13.0. The maximum absolute atomic E-state index is 13.0. The Labute approximate surface area is 281 Å². The zero-order chi connectivity index (χ0) is 34.8. The predicted octanol–water partition coefficient (Wildman–Crippen LogP) is 1.62. The summed E-state index contributed by atoms with van der Waals surface area (Å²) in [6.45, 7) is 7.80. The molecule has 0 spiro atoms. The first-order valence-corrected chi connectivity index (χ1v) is 17.8. The molecule has 1 heterocycles. The SMILES string of the molecule is CC(=O)N[C@@H](CO)C(OCCCCCC(=O)NCCCCCC(=O)N1C[C@H](OC2CCC2C(C)C)C[C@H]1CCO)OC(CO)[C@@H](C)O. The highest BCUT2D eigenvalue weighted by atomic mass is 16.7. The number of hydrogen-bond acceptors (Lipinski definition) is 10. The van der Waals surface area contributed by atoms with E-state index in [0.29, 0.717) is 63.5 Å². The summed E-state index contributed by atoms with van der Waals surface area (Å²) in [6, 6.07) is -0.834. The Balaban J connectivity index is 1.58. The first-order chi connectivity index (χ1) is 22.5. The summed E-state index contributed by atoms with van der Waals surface area (Å²) in [5, 5.41) is 44.0. The Bertz CT molecular complexity index is 907. The topological polar surface area (TPSA) is 187 Å². The van der Waals surface area contributed by atoms with E-state index < -0.39 is 37.8 Å². The van der Waals surface area contributed by atoms with E-state index in [2.05, 4.69) is 24.5 Å². The number of amides is 3. The van der Waals surface area contributed by atoms with Gasteiger partial charge in [0.05, 0.1) is 31.5 Å². The van der Waals surface area contributed by atoms with Crippen molar-refractivity contribution >= 4 is 17.7 Å². The van der Waals surface area contributed by atoms with Crippen LogP contribution in [0, 0.1) is 11.8 Å². The molecule has 6 N–H and O–H groups in total. The van der Waals surface area contributed by atoms with Crippen molar-refractivity contribution in [3.63, 3.8) is 0 Å². The van der Waals surface area contributed by atoms with Crippen LogP contribution >= 0.6 is 0 Å². The molecular weight excluding hydrogens is 610 g/mol. The molecule has 2 rings (SSSR count). The second kappa shape index (κ2) is 22.7. The van der Waals surface area contributed by atoms with E-state index in [1.165, 1.54) is 20.3 Å². The van der Waals surface area contributed by atoms with Crippen LogP contribution in [-0.2, 0) is 28.6 Å². The third-order valence-corrected chi connectivity index (χ3v) is 9.31. The molecular formula is C34H63N3O10. The van der Waals surface area contributed by atoms with Crippen molar-refractivity contribution in [1.29, 1.82) is 0 Å². The highest BCUT2D eigenvalue weighted by Gasteiger charge is 2.40. The molecule has 1 saturated heterocycles. The molecule has 3 amide bonds. The minimum absolute atomic E-state index is 0.0296. The van der Waals surface area contributed by atoms with Crippen LogP contribution in [-0.4, -0.2) is 125 Å². The van der Waals surface area contributed by atoms with Gasteiger partial charge in [-0.05, 0) is 70.1 Å². The molecule has 4 unspecified atom stereocenters. The lowest BCUT2D eigenvalue weighted by Gasteiger charge is -2.40.